The van der Waals surface area contributed by atoms with Crippen LogP contribution in [0.4, 0.5) is 19.7 Å². The molecule has 0 bridgehead atoms. The molecule has 2 fully saturated rings. The summed E-state index contributed by atoms with van der Waals surface area (Å²) in [7, 11) is 0. The van der Waals surface area contributed by atoms with Gasteiger partial charge < -0.3 is 29.3 Å². The average molecular weight is 474 g/mol. The minimum Gasteiger partial charge on any atom is -0.488 e. The van der Waals surface area contributed by atoms with E-state index in [9.17, 15) is 19.1 Å². The van der Waals surface area contributed by atoms with Crippen molar-refractivity contribution < 1.29 is 38.4 Å². The van der Waals surface area contributed by atoms with E-state index in [2.05, 4.69) is 0 Å². The molecule has 2 N–H and O–H groups in total. The lowest BCUT2D eigenvalue weighted by Gasteiger charge is -2.37. The standard InChI is InChI=1S/C24H27FN2O7/c25-20-12-18(27-13-19(14-28)34-23(27)30)6-7-21(20)33-16-24(31)8-10-26(11-9-24)22(29)32-15-17-4-2-1-3-5-17/h1-7,12,19,28,31H,8-11,13-16H2/t19-/m1/s1. The van der Waals surface area contributed by atoms with Crippen molar-refractivity contribution in [2.24, 2.45) is 0 Å². The third-order valence-corrected chi connectivity index (χ3v) is 5.96. The lowest BCUT2D eigenvalue weighted by Crippen LogP contribution is -2.49. The molecule has 0 aromatic heterocycles. The number of anilines is 1. The topological polar surface area (TPSA) is 109 Å². The Balaban J connectivity index is 1.26. The molecule has 2 aliphatic rings. The summed E-state index contributed by atoms with van der Waals surface area (Å²) in [5.41, 5.74) is -0.0403. The van der Waals surface area contributed by atoms with Crippen LogP contribution in [0.2, 0.25) is 0 Å². The summed E-state index contributed by atoms with van der Waals surface area (Å²) in [5.74, 6) is -0.753. The van der Waals surface area contributed by atoms with E-state index in [0.29, 0.717) is 0 Å². The number of hydrogen-bond acceptors (Lipinski definition) is 7. The van der Waals surface area contributed by atoms with Crippen molar-refractivity contribution in [1.29, 1.82) is 0 Å². The minimum atomic E-state index is -1.21. The van der Waals surface area contributed by atoms with Gasteiger partial charge in [-0.1, -0.05) is 30.3 Å². The first-order valence-electron chi connectivity index (χ1n) is 11.1. The van der Waals surface area contributed by atoms with Crippen LogP contribution in [-0.4, -0.2) is 71.9 Å². The smallest absolute Gasteiger partial charge is 0.414 e. The van der Waals surface area contributed by atoms with Crippen molar-refractivity contribution in [2.45, 2.75) is 31.2 Å². The molecule has 0 saturated carbocycles. The predicted octanol–water partition coefficient (Wildman–Crippen LogP) is 2.69. The van der Waals surface area contributed by atoms with Gasteiger partial charge in [0.25, 0.3) is 0 Å². The third-order valence-electron chi connectivity index (χ3n) is 5.96. The number of ether oxygens (including phenoxy) is 3. The van der Waals surface area contributed by atoms with Gasteiger partial charge in [-0.3, -0.25) is 4.90 Å². The van der Waals surface area contributed by atoms with Crippen molar-refractivity contribution >= 4 is 17.9 Å². The number of aliphatic hydroxyl groups excluding tert-OH is 1. The molecular formula is C24H27FN2O7. The highest BCUT2D eigenvalue weighted by molar-refractivity contribution is 5.89. The number of rotatable bonds is 7. The van der Waals surface area contributed by atoms with E-state index in [0.717, 1.165) is 11.6 Å². The van der Waals surface area contributed by atoms with Crippen LogP contribution in [0.1, 0.15) is 18.4 Å². The van der Waals surface area contributed by atoms with Gasteiger partial charge in [-0.05, 0) is 30.5 Å². The maximum Gasteiger partial charge on any atom is 0.414 e. The number of benzene rings is 2. The number of carbonyl (C=O) groups is 2. The van der Waals surface area contributed by atoms with Gasteiger partial charge in [-0.25, -0.2) is 14.0 Å². The monoisotopic (exact) mass is 474 g/mol. The van der Waals surface area contributed by atoms with Crippen LogP contribution in [0.15, 0.2) is 48.5 Å². The van der Waals surface area contributed by atoms with E-state index in [1.54, 1.807) is 0 Å². The van der Waals surface area contributed by atoms with E-state index < -0.39 is 29.7 Å². The van der Waals surface area contributed by atoms with Gasteiger partial charge in [0, 0.05) is 19.2 Å². The summed E-state index contributed by atoms with van der Waals surface area (Å²) < 4.78 is 30.4. The van der Waals surface area contributed by atoms with Gasteiger partial charge in [0.2, 0.25) is 0 Å². The molecule has 2 heterocycles. The summed E-state index contributed by atoms with van der Waals surface area (Å²) in [4.78, 5) is 26.9. The Kier molecular flexibility index (Phi) is 7.18. The van der Waals surface area contributed by atoms with Crippen LogP contribution in [0, 0.1) is 5.82 Å². The Morgan fingerprint density at radius 3 is 2.56 bits per heavy atom. The third kappa shape index (κ3) is 5.57. The maximum absolute atomic E-state index is 14.6. The van der Waals surface area contributed by atoms with Crippen molar-refractivity contribution in [3.63, 3.8) is 0 Å². The Morgan fingerprint density at radius 1 is 1.18 bits per heavy atom. The van der Waals surface area contributed by atoms with Crippen molar-refractivity contribution in [3.05, 3.63) is 59.9 Å². The highest BCUT2D eigenvalue weighted by Crippen LogP contribution is 2.29. The molecule has 10 heteroatoms. The summed E-state index contributed by atoms with van der Waals surface area (Å²) in [6, 6.07) is 13.4. The Bertz CT molecular complexity index is 1010. The number of carbonyl (C=O) groups excluding carboxylic acids is 2. The van der Waals surface area contributed by atoms with E-state index in [1.165, 1.54) is 21.9 Å². The second-order valence-electron chi connectivity index (χ2n) is 8.45. The molecule has 2 saturated heterocycles. The molecule has 4 rings (SSSR count). The fraction of sp³-hybridized carbons (Fsp3) is 0.417. The Morgan fingerprint density at radius 2 is 1.91 bits per heavy atom. The second kappa shape index (κ2) is 10.3. The van der Waals surface area contributed by atoms with E-state index in [1.807, 2.05) is 30.3 Å². The molecule has 34 heavy (non-hydrogen) atoms. The number of cyclic esters (lactones) is 1. The number of nitrogens with zero attached hydrogens (tertiary/aromatic N) is 2. The molecule has 2 amide bonds. The van der Waals surface area contributed by atoms with Gasteiger partial charge in [0.15, 0.2) is 11.6 Å². The second-order valence-corrected chi connectivity index (χ2v) is 8.45. The highest BCUT2D eigenvalue weighted by Gasteiger charge is 2.36. The first kappa shape index (κ1) is 23.8. The highest BCUT2D eigenvalue weighted by atomic mass is 19.1. The van der Waals surface area contributed by atoms with Gasteiger partial charge >= 0.3 is 12.2 Å². The number of aliphatic hydroxyl groups is 2. The molecule has 0 unspecified atom stereocenters. The zero-order chi connectivity index (χ0) is 24.1. The average Bonchev–Trinajstić information content (AvgIpc) is 3.23. The fourth-order valence-electron chi connectivity index (χ4n) is 3.87. The first-order valence-corrected chi connectivity index (χ1v) is 11.1. The quantitative estimate of drug-likeness (QED) is 0.635. The van der Waals surface area contributed by atoms with Crippen LogP contribution in [0.3, 0.4) is 0 Å². The van der Waals surface area contributed by atoms with Crippen molar-refractivity contribution in [3.8, 4) is 5.75 Å². The Labute approximate surface area is 196 Å². The summed E-state index contributed by atoms with van der Waals surface area (Å²) in [6.45, 7) is 0.421. The molecule has 2 aromatic rings. The normalized spacial score (nSPS) is 19.6. The molecule has 0 radical (unpaired) electrons. The molecule has 0 aliphatic carbocycles. The fourth-order valence-corrected chi connectivity index (χ4v) is 3.87. The molecule has 182 valence electrons. The molecule has 1 atom stereocenters. The van der Waals surface area contributed by atoms with Crippen LogP contribution in [-0.2, 0) is 16.1 Å². The van der Waals surface area contributed by atoms with Crippen molar-refractivity contribution in [2.75, 3.05) is 37.7 Å². The number of halogens is 1. The number of hydrogen-bond donors (Lipinski definition) is 2. The van der Waals surface area contributed by atoms with Gasteiger partial charge in [0.1, 0.15) is 24.9 Å². The lowest BCUT2D eigenvalue weighted by molar-refractivity contribution is -0.0513. The molecule has 0 spiro atoms. The zero-order valence-electron chi connectivity index (χ0n) is 18.6. The first-order chi connectivity index (χ1) is 16.4. The van der Waals surface area contributed by atoms with Gasteiger partial charge in [-0.2, -0.15) is 0 Å². The van der Waals surface area contributed by atoms with E-state index in [4.69, 9.17) is 19.3 Å². The van der Waals surface area contributed by atoms with Gasteiger partial charge in [-0.15, -0.1) is 0 Å². The lowest BCUT2D eigenvalue weighted by atomic mass is 9.92. The summed E-state index contributed by atoms with van der Waals surface area (Å²) >= 11 is 0. The van der Waals surface area contributed by atoms with Crippen LogP contribution in [0.5, 0.6) is 5.75 Å². The number of likely N-dealkylation sites (tertiary alicyclic amines) is 1. The maximum atomic E-state index is 14.6. The van der Waals surface area contributed by atoms with Crippen LogP contribution < -0.4 is 9.64 Å². The summed E-state index contributed by atoms with van der Waals surface area (Å²) in [5, 5.41) is 20.0. The van der Waals surface area contributed by atoms with Crippen LogP contribution >= 0.6 is 0 Å². The number of amides is 2. The molecule has 2 aromatic carbocycles. The predicted molar refractivity (Wildman–Crippen MR) is 119 cm³/mol. The zero-order valence-corrected chi connectivity index (χ0v) is 18.6. The van der Waals surface area contributed by atoms with Crippen molar-refractivity contribution in [1.82, 2.24) is 4.90 Å². The molecule has 2 aliphatic heterocycles. The van der Waals surface area contributed by atoms with Crippen LogP contribution in [0.25, 0.3) is 0 Å². The van der Waals surface area contributed by atoms with Gasteiger partial charge in [0.05, 0.1) is 18.8 Å². The molecular weight excluding hydrogens is 447 g/mol. The Hall–Kier alpha value is -3.37. The SMILES string of the molecule is O=C(OCc1ccccc1)N1CCC(O)(COc2ccc(N3C[C@H](CO)OC3=O)cc2F)CC1. The largest absolute Gasteiger partial charge is 0.488 e. The van der Waals surface area contributed by atoms with E-state index >= 15 is 0 Å². The summed E-state index contributed by atoms with van der Waals surface area (Å²) in [6.07, 6.45) is -1.24. The van der Waals surface area contributed by atoms with E-state index in [-0.39, 0.29) is 63.7 Å². The number of piperidine rings is 1. The minimum absolute atomic E-state index is 0.0619. The molecule has 9 nitrogen and oxygen atoms in total.